The Balaban J connectivity index is 1.42. The van der Waals surface area contributed by atoms with E-state index in [1.54, 1.807) is 0 Å². The Morgan fingerprint density at radius 3 is 2.85 bits per heavy atom. The van der Waals surface area contributed by atoms with Crippen molar-refractivity contribution in [2.75, 3.05) is 13.1 Å². The second-order valence-electron chi connectivity index (χ2n) is 6.61. The predicted octanol–water partition coefficient (Wildman–Crippen LogP) is 3.29. The van der Waals surface area contributed by atoms with Crippen molar-refractivity contribution in [2.45, 2.75) is 26.0 Å². The Bertz CT molecular complexity index is 923. The first-order chi connectivity index (χ1) is 13.3. The summed E-state index contributed by atoms with van der Waals surface area (Å²) < 4.78 is 6.00. The third-order valence-electron chi connectivity index (χ3n) is 4.70. The van der Waals surface area contributed by atoms with Gasteiger partial charge in [-0.25, -0.2) is 4.99 Å². The molecule has 2 N–H and O–H groups in total. The van der Waals surface area contributed by atoms with Crippen LogP contribution >= 0.6 is 0 Å². The van der Waals surface area contributed by atoms with Gasteiger partial charge < -0.3 is 15.4 Å². The number of nitrogens with one attached hydrogen (secondary N) is 2. The smallest absolute Gasteiger partial charge is 0.191 e. The van der Waals surface area contributed by atoms with Crippen LogP contribution in [0, 0.1) is 0 Å². The molecule has 5 heteroatoms. The van der Waals surface area contributed by atoms with E-state index in [0.717, 1.165) is 35.8 Å². The van der Waals surface area contributed by atoms with Crippen LogP contribution in [0.25, 0.3) is 10.8 Å². The number of nitrogens with zero attached hydrogens (tertiary/aromatic N) is 2. The van der Waals surface area contributed by atoms with E-state index in [9.17, 15) is 0 Å². The van der Waals surface area contributed by atoms with Crippen LogP contribution in [0.2, 0.25) is 0 Å². The number of benzene rings is 2. The number of para-hydroxylation sites is 1. The van der Waals surface area contributed by atoms with Gasteiger partial charge in [-0.15, -0.1) is 0 Å². The number of pyridine rings is 1. The van der Waals surface area contributed by atoms with Gasteiger partial charge >= 0.3 is 0 Å². The molecule has 0 saturated carbocycles. The Morgan fingerprint density at radius 1 is 1.11 bits per heavy atom. The highest BCUT2D eigenvalue weighted by Crippen LogP contribution is 2.27. The fourth-order valence-corrected chi connectivity index (χ4v) is 3.38. The minimum Gasteiger partial charge on any atom is -0.488 e. The highest BCUT2D eigenvalue weighted by Gasteiger charge is 2.22. The molecular formula is C22H24N4O. The lowest BCUT2D eigenvalue weighted by Crippen LogP contribution is -2.42. The van der Waals surface area contributed by atoms with Gasteiger partial charge in [-0.3, -0.25) is 4.98 Å². The molecular weight excluding hydrogens is 336 g/mol. The van der Waals surface area contributed by atoms with Gasteiger partial charge in [0.05, 0.1) is 18.8 Å². The molecule has 2 heterocycles. The van der Waals surface area contributed by atoms with E-state index in [1.807, 2.05) is 36.5 Å². The van der Waals surface area contributed by atoms with Gasteiger partial charge in [0, 0.05) is 24.5 Å². The van der Waals surface area contributed by atoms with Gasteiger partial charge in [0.1, 0.15) is 11.9 Å². The summed E-state index contributed by atoms with van der Waals surface area (Å²) in [5.74, 6) is 1.78. The Hall–Kier alpha value is -3.08. The normalized spacial score (nSPS) is 16.0. The quantitative estimate of drug-likeness (QED) is 0.541. The predicted molar refractivity (Wildman–Crippen MR) is 109 cm³/mol. The minimum atomic E-state index is 0.127. The number of hydrogen-bond donors (Lipinski definition) is 2. The van der Waals surface area contributed by atoms with E-state index < -0.39 is 0 Å². The highest BCUT2D eigenvalue weighted by molar-refractivity contribution is 5.85. The van der Waals surface area contributed by atoms with Gasteiger partial charge in [0.25, 0.3) is 0 Å². The lowest BCUT2D eigenvalue weighted by atomic mass is 10.1. The molecule has 2 aromatic carbocycles. The van der Waals surface area contributed by atoms with Crippen molar-refractivity contribution < 1.29 is 4.74 Å². The van der Waals surface area contributed by atoms with Crippen molar-refractivity contribution in [2.24, 2.45) is 4.99 Å². The summed E-state index contributed by atoms with van der Waals surface area (Å²) in [6, 6.07) is 18.5. The van der Waals surface area contributed by atoms with E-state index in [-0.39, 0.29) is 6.10 Å². The lowest BCUT2D eigenvalue weighted by Gasteiger charge is -2.15. The highest BCUT2D eigenvalue weighted by atomic mass is 16.5. The number of hydrogen-bond acceptors (Lipinski definition) is 3. The monoisotopic (exact) mass is 360 g/mol. The molecule has 1 atom stereocenters. The summed E-state index contributed by atoms with van der Waals surface area (Å²) in [5, 5.41) is 9.04. The zero-order chi connectivity index (χ0) is 18.5. The van der Waals surface area contributed by atoms with Crippen molar-refractivity contribution in [3.05, 3.63) is 72.1 Å². The van der Waals surface area contributed by atoms with Crippen molar-refractivity contribution in [1.82, 2.24) is 15.6 Å². The van der Waals surface area contributed by atoms with Crippen molar-refractivity contribution in [3.63, 3.8) is 0 Å². The summed E-state index contributed by atoms with van der Waals surface area (Å²) in [7, 11) is 0. The van der Waals surface area contributed by atoms with Crippen molar-refractivity contribution in [1.29, 1.82) is 0 Å². The molecule has 0 saturated heterocycles. The SMILES string of the molecule is CCNC(=NCc1nccc2ccccc12)NCC1Cc2ccccc2O1. The maximum atomic E-state index is 6.00. The first-order valence-electron chi connectivity index (χ1n) is 9.43. The number of ether oxygens (including phenoxy) is 1. The maximum Gasteiger partial charge on any atom is 0.191 e. The number of guanidine groups is 1. The molecule has 0 aliphatic carbocycles. The van der Waals surface area contributed by atoms with Crippen LogP contribution in [0.4, 0.5) is 0 Å². The molecule has 4 rings (SSSR count). The van der Waals surface area contributed by atoms with Crippen molar-refractivity contribution >= 4 is 16.7 Å². The van der Waals surface area contributed by atoms with Gasteiger partial charge in [-0.1, -0.05) is 42.5 Å². The van der Waals surface area contributed by atoms with E-state index in [4.69, 9.17) is 9.73 Å². The molecule has 0 amide bonds. The second kappa shape index (κ2) is 8.08. The minimum absolute atomic E-state index is 0.127. The largest absolute Gasteiger partial charge is 0.488 e. The van der Waals surface area contributed by atoms with Crippen LogP contribution in [0.3, 0.4) is 0 Å². The van der Waals surface area contributed by atoms with Crippen LogP contribution in [0.1, 0.15) is 18.2 Å². The number of aromatic nitrogens is 1. The topological polar surface area (TPSA) is 58.5 Å². The standard InChI is InChI=1S/C22H24N4O/c1-2-23-22(25-14-18-13-17-8-4-6-10-21(17)27-18)26-15-20-19-9-5-3-7-16(19)11-12-24-20/h3-12,18H,2,13-15H2,1H3,(H2,23,25,26). The van der Waals surface area contributed by atoms with Crippen molar-refractivity contribution in [3.8, 4) is 5.75 Å². The molecule has 5 nitrogen and oxygen atoms in total. The molecule has 138 valence electrons. The van der Waals surface area contributed by atoms with Crippen LogP contribution in [0.5, 0.6) is 5.75 Å². The maximum absolute atomic E-state index is 6.00. The van der Waals surface area contributed by atoms with Gasteiger partial charge in [0.15, 0.2) is 5.96 Å². The molecule has 1 aliphatic rings. The fourth-order valence-electron chi connectivity index (χ4n) is 3.38. The average Bonchev–Trinajstić information content (AvgIpc) is 3.13. The zero-order valence-corrected chi connectivity index (χ0v) is 15.5. The molecule has 27 heavy (non-hydrogen) atoms. The molecule has 0 radical (unpaired) electrons. The van der Waals surface area contributed by atoms with E-state index in [1.165, 1.54) is 10.9 Å². The third-order valence-corrected chi connectivity index (χ3v) is 4.70. The first kappa shape index (κ1) is 17.3. The zero-order valence-electron chi connectivity index (χ0n) is 15.5. The van der Waals surface area contributed by atoms with Crippen LogP contribution in [-0.2, 0) is 13.0 Å². The average molecular weight is 360 g/mol. The fraction of sp³-hybridized carbons (Fsp3) is 0.273. The van der Waals surface area contributed by atoms with Gasteiger partial charge in [-0.2, -0.15) is 0 Å². The molecule has 1 aliphatic heterocycles. The Kier molecular flexibility index (Phi) is 5.19. The summed E-state index contributed by atoms with van der Waals surface area (Å²) in [4.78, 5) is 9.24. The third kappa shape index (κ3) is 4.03. The summed E-state index contributed by atoms with van der Waals surface area (Å²) in [5.41, 5.74) is 2.25. The summed E-state index contributed by atoms with van der Waals surface area (Å²) in [6.07, 6.45) is 2.90. The molecule has 1 unspecified atom stereocenters. The lowest BCUT2D eigenvalue weighted by molar-refractivity contribution is 0.235. The number of rotatable bonds is 5. The summed E-state index contributed by atoms with van der Waals surface area (Å²) in [6.45, 7) is 4.11. The van der Waals surface area contributed by atoms with Crippen LogP contribution in [0.15, 0.2) is 65.8 Å². The van der Waals surface area contributed by atoms with Crippen LogP contribution in [-0.4, -0.2) is 30.1 Å². The second-order valence-corrected chi connectivity index (χ2v) is 6.61. The summed E-state index contributed by atoms with van der Waals surface area (Å²) >= 11 is 0. The molecule has 1 aromatic heterocycles. The molecule has 0 bridgehead atoms. The van der Waals surface area contributed by atoms with Crippen LogP contribution < -0.4 is 15.4 Å². The Morgan fingerprint density at radius 2 is 1.96 bits per heavy atom. The molecule has 0 spiro atoms. The number of aliphatic imine (C=N–C) groups is 1. The van der Waals surface area contributed by atoms with E-state index in [2.05, 4.69) is 46.8 Å². The first-order valence-corrected chi connectivity index (χ1v) is 9.43. The molecule has 3 aromatic rings. The van der Waals surface area contributed by atoms with E-state index in [0.29, 0.717) is 13.1 Å². The van der Waals surface area contributed by atoms with Gasteiger partial charge in [-0.05, 0) is 30.0 Å². The van der Waals surface area contributed by atoms with E-state index >= 15 is 0 Å². The number of fused-ring (bicyclic) bond motifs is 2. The Labute approximate surface area is 159 Å². The van der Waals surface area contributed by atoms with Gasteiger partial charge in [0.2, 0.25) is 0 Å². The molecule has 0 fully saturated rings.